The molecule has 1 aliphatic heterocycles. The average molecular weight is 279 g/mol. The molecule has 2 aliphatic carbocycles. The van der Waals surface area contributed by atoms with Gasteiger partial charge in [0.2, 0.25) is 5.91 Å². The molecule has 20 heavy (non-hydrogen) atoms. The Morgan fingerprint density at radius 1 is 1.20 bits per heavy atom. The van der Waals surface area contributed by atoms with E-state index in [9.17, 15) is 14.7 Å². The molecule has 4 heteroatoms. The molecule has 3 rings (SSSR count). The van der Waals surface area contributed by atoms with Gasteiger partial charge in [-0.3, -0.25) is 9.59 Å². The summed E-state index contributed by atoms with van der Waals surface area (Å²) in [7, 11) is 0. The van der Waals surface area contributed by atoms with Crippen LogP contribution in [0.25, 0.3) is 0 Å². The standard InChI is InChI=1S/C16H25NO3/c1-11-9-12-5-2-3-6-13(12)17(11)14(18)10-16(15(19)20)7-4-8-16/h11-13H,2-10H2,1H3,(H,19,20). The third-order valence-electron chi connectivity index (χ3n) is 5.89. The lowest BCUT2D eigenvalue weighted by molar-refractivity contribution is -0.160. The Bertz CT molecular complexity index is 416. The molecular weight excluding hydrogens is 254 g/mol. The van der Waals surface area contributed by atoms with E-state index in [1.807, 2.05) is 4.90 Å². The minimum Gasteiger partial charge on any atom is -0.481 e. The molecule has 0 radical (unpaired) electrons. The number of carboxylic acid groups (broad SMARTS) is 1. The van der Waals surface area contributed by atoms with Gasteiger partial charge in [-0.05, 0) is 44.9 Å². The quantitative estimate of drug-likeness (QED) is 0.864. The van der Waals surface area contributed by atoms with Gasteiger partial charge in [0.15, 0.2) is 0 Å². The highest BCUT2D eigenvalue weighted by atomic mass is 16.4. The van der Waals surface area contributed by atoms with Crippen molar-refractivity contribution in [2.24, 2.45) is 11.3 Å². The van der Waals surface area contributed by atoms with E-state index >= 15 is 0 Å². The van der Waals surface area contributed by atoms with Crippen molar-refractivity contribution in [2.75, 3.05) is 0 Å². The van der Waals surface area contributed by atoms with Gasteiger partial charge in [-0.15, -0.1) is 0 Å². The van der Waals surface area contributed by atoms with Gasteiger partial charge in [-0.1, -0.05) is 19.3 Å². The number of nitrogens with zero attached hydrogens (tertiary/aromatic N) is 1. The van der Waals surface area contributed by atoms with Gasteiger partial charge in [0, 0.05) is 18.5 Å². The van der Waals surface area contributed by atoms with Gasteiger partial charge in [0.1, 0.15) is 0 Å². The number of rotatable bonds is 3. The molecule has 3 fully saturated rings. The molecule has 112 valence electrons. The second-order valence-corrected chi connectivity index (χ2v) is 7.11. The Balaban J connectivity index is 1.71. The summed E-state index contributed by atoms with van der Waals surface area (Å²) >= 11 is 0. The Morgan fingerprint density at radius 3 is 2.50 bits per heavy atom. The second kappa shape index (κ2) is 5.05. The van der Waals surface area contributed by atoms with Crippen LogP contribution >= 0.6 is 0 Å². The summed E-state index contributed by atoms with van der Waals surface area (Å²) in [6, 6.07) is 0.679. The summed E-state index contributed by atoms with van der Waals surface area (Å²) in [5.74, 6) is -0.0250. The number of amides is 1. The van der Waals surface area contributed by atoms with E-state index in [0.717, 1.165) is 19.3 Å². The number of carbonyl (C=O) groups excluding carboxylic acids is 1. The maximum Gasteiger partial charge on any atom is 0.310 e. The van der Waals surface area contributed by atoms with Crippen LogP contribution in [0.1, 0.15) is 64.7 Å². The SMILES string of the molecule is CC1CC2CCCCC2N1C(=O)CC1(C(=O)O)CCC1. The molecule has 0 aromatic heterocycles. The second-order valence-electron chi connectivity index (χ2n) is 7.11. The van der Waals surface area contributed by atoms with Crippen molar-refractivity contribution >= 4 is 11.9 Å². The third-order valence-corrected chi connectivity index (χ3v) is 5.89. The van der Waals surface area contributed by atoms with E-state index in [0.29, 0.717) is 30.8 Å². The predicted octanol–water partition coefficient (Wildman–Crippen LogP) is 2.81. The Kier molecular flexibility index (Phi) is 3.51. The van der Waals surface area contributed by atoms with Gasteiger partial charge < -0.3 is 10.0 Å². The molecular formula is C16H25NO3. The Labute approximate surface area is 120 Å². The summed E-state index contributed by atoms with van der Waals surface area (Å²) in [6.45, 7) is 2.13. The first-order valence-corrected chi connectivity index (χ1v) is 8.08. The van der Waals surface area contributed by atoms with Crippen molar-refractivity contribution < 1.29 is 14.7 Å². The van der Waals surface area contributed by atoms with Crippen LogP contribution in [0.5, 0.6) is 0 Å². The van der Waals surface area contributed by atoms with E-state index in [1.165, 1.54) is 19.3 Å². The first-order valence-electron chi connectivity index (χ1n) is 8.08. The fraction of sp³-hybridized carbons (Fsp3) is 0.875. The van der Waals surface area contributed by atoms with Gasteiger partial charge >= 0.3 is 5.97 Å². The van der Waals surface area contributed by atoms with E-state index in [2.05, 4.69) is 6.92 Å². The first-order chi connectivity index (χ1) is 9.53. The van der Waals surface area contributed by atoms with Crippen molar-refractivity contribution in [1.82, 2.24) is 4.90 Å². The molecule has 1 amide bonds. The molecule has 0 aromatic rings. The molecule has 3 aliphatic rings. The number of aliphatic carboxylic acids is 1. The van der Waals surface area contributed by atoms with E-state index < -0.39 is 11.4 Å². The normalized spacial score (nSPS) is 35.2. The summed E-state index contributed by atoms with van der Waals surface area (Å²) in [4.78, 5) is 26.2. The number of likely N-dealkylation sites (tertiary alicyclic amines) is 1. The molecule has 1 heterocycles. The van der Waals surface area contributed by atoms with Crippen molar-refractivity contribution in [1.29, 1.82) is 0 Å². The molecule has 3 unspecified atom stereocenters. The maximum absolute atomic E-state index is 12.7. The number of carboxylic acids is 1. The predicted molar refractivity (Wildman–Crippen MR) is 75.2 cm³/mol. The molecule has 0 aromatic carbocycles. The maximum atomic E-state index is 12.7. The number of hydrogen-bond acceptors (Lipinski definition) is 2. The topological polar surface area (TPSA) is 57.6 Å². The van der Waals surface area contributed by atoms with Gasteiger partial charge in [0.05, 0.1) is 5.41 Å². The monoisotopic (exact) mass is 279 g/mol. The van der Waals surface area contributed by atoms with Crippen LogP contribution in [-0.4, -0.2) is 34.0 Å². The summed E-state index contributed by atoms with van der Waals surface area (Å²) in [5.41, 5.74) is -0.746. The number of fused-ring (bicyclic) bond motifs is 1. The molecule has 4 nitrogen and oxygen atoms in total. The zero-order valence-corrected chi connectivity index (χ0v) is 12.3. The minimum absolute atomic E-state index is 0.0917. The van der Waals surface area contributed by atoms with Crippen LogP contribution in [0.4, 0.5) is 0 Å². The highest BCUT2D eigenvalue weighted by molar-refractivity contribution is 5.86. The van der Waals surface area contributed by atoms with Crippen molar-refractivity contribution in [3.8, 4) is 0 Å². The van der Waals surface area contributed by atoms with E-state index in [1.54, 1.807) is 0 Å². The average Bonchev–Trinajstić information content (AvgIpc) is 2.69. The lowest BCUT2D eigenvalue weighted by Gasteiger charge is -2.40. The smallest absolute Gasteiger partial charge is 0.310 e. The molecule has 0 bridgehead atoms. The fourth-order valence-electron chi connectivity index (χ4n) is 4.59. The van der Waals surface area contributed by atoms with Crippen LogP contribution in [0.15, 0.2) is 0 Å². The Hall–Kier alpha value is -1.06. The zero-order valence-electron chi connectivity index (χ0n) is 12.3. The first kappa shape index (κ1) is 13.9. The van der Waals surface area contributed by atoms with E-state index in [-0.39, 0.29) is 12.3 Å². The highest BCUT2D eigenvalue weighted by Gasteiger charge is 2.49. The summed E-state index contributed by atoms with van der Waals surface area (Å²) < 4.78 is 0. The van der Waals surface area contributed by atoms with Crippen molar-refractivity contribution in [2.45, 2.75) is 76.8 Å². The number of carbonyl (C=O) groups is 2. The molecule has 2 saturated carbocycles. The lowest BCUT2D eigenvalue weighted by Crippen LogP contribution is -2.48. The molecule has 3 atom stereocenters. The van der Waals surface area contributed by atoms with Gasteiger partial charge in [0.25, 0.3) is 0 Å². The van der Waals surface area contributed by atoms with Crippen LogP contribution in [0.2, 0.25) is 0 Å². The van der Waals surface area contributed by atoms with E-state index in [4.69, 9.17) is 0 Å². The Morgan fingerprint density at radius 2 is 1.90 bits per heavy atom. The van der Waals surface area contributed by atoms with Crippen molar-refractivity contribution in [3.05, 3.63) is 0 Å². The van der Waals surface area contributed by atoms with Gasteiger partial charge in [-0.25, -0.2) is 0 Å². The van der Waals surface area contributed by atoms with Crippen LogP contribution in [0, 0.1) is 11.3 Å². The van der Waals surface area contributed by atoms with Crippen LogP contribution in [0.3, 0.4) is 0 Å². The molecule has 1 N–H and O–H groups in total. The van der Waals surface area contributed by atoms with Gasteiger partial charge in [-0.2, -0.15) is 0 Å². The fourth-order valence-corrected chi connectivity index (χ4v) is 4.59. The third kappa shape index (κ3) is 2.13. The lowest BCUT2D eigenvalue weighted by atomic mass is 9.66. The van der Waals surface area contributed by atoms with Crippen LogP contribution in [-0.2, 0) is 9.59 Å². The largest absolute Gasteiger partial charge is 0.481 e. The zero-order chi connectivity index (χ0) is 14.3. The van der Waals surface area contributed by atoms with Crippen molar-refractivity contribution in [3.63, 3.8) is 0 Å². The molecule has 1 saturated heterocycles. The number of hydrogen-bond donors (Lipinski definition) is 1. The van der Waals surface area contributed by atoms with Crippen LogP contribution < -0.4 is 0 Å². The summed E-state index contributed by atoms with van der Waals surface area (Å²) in [5, 5.41) is 9.40. The molecule has 0 spiro atoms. The minimum atomic E-state index is -0.774. The highest BCUT2D eigenvalue weighted by Crippen LogP contribution is 2.46. The summed E-state index contributed by atoms with van der Waals surface area (Å²) in [6.07, 6.45) is 8.46.